The van der Waals surface area contributed by atoms with Crippen LogP contribution in [0.4, 0.5) is 0 Å². The Morgan fingerprint density at radius 2 is 2.00 bits per heavy atom. The molecule has 0 unspecified atom stereocenters. The van der Waals surface area contributed by atoms with E-state index < -0.39 is 12.0 Å². The van der Waals surface area contributed by atoms with Gasteiger partial charge in [0.05, 0.1) is 19.7 Å². The van der Waals surface area contributed by atoms with Gasteiger partial charge in [0.25, 0.3) is 0 Å². The molecule has 1 heterocycles. The van der Waals surface area contributed by atoms with Gasteiger partial charge in [-0.2, -0.15) is 0 Å². The standard InChI is InChI=1S/C18H29N3O5/c1-12(2)15(20(4)16(23)10-19-11-22)9-13(3)17(24)21-8-6-7-14(21)18(25)26-5/h9,11-12,14-15H,6-8,10H2,1-5H3,(H,19,22)/b13-9+/t14-,15+/m0/s1. The molecule has 0 radical (unpaired) electrons. The molecule has 3 amide bonds. The van der Waals surface area contributed by atoms with Crippen molar-refractivity contribution in [3.8, 4) is 0 Å². The second-order valence-corrected chi connectivity index (χ2v) is 6.77. The van der Waals surface area contributed by atoms with Gasteiger partial charge in [0, 0.05) is 19.2 Å². The predicted molar refractivity (Wildman–Crippen MR) is 96.0 cm³/mol. The highest BCUT2D eigenvalue weighted by atomic mass is 16.5. The highest BCUT2D eigenvalue weighted by molar-refractivity contribution is 5.96. The summed E-state index contributed by atoms with van der Waals surface area (Å²) in [4.78, 5) is 50.2. The van der Waals surface area contributed by atoms with E-state index in [1.807, 2.05) is 13.8 Å². The number of hydrogen-bond acceptors (Lipinski definition) is 5. The Bertz CT molecular complexity index is 573. The van der Waals surface area contributed by atoms with Crippen molar-refractivity contribution in [1.82, 2.24) is 15.1 Å². The van der Waals surface area contributed by atoms with Crippen LogP contribution < -0.4 is 5.32 Å². The summed E-state index contributed by atoms with van der Waals surface area (Å²) in [5, 5.41) is 2.35. The molecule has 0 aromatic rings. The van der Waals surface area contributed by atoms with Crippen molar-refractivity contribution in [3.63, 3.8) is 0 Å². The third kappa shape index (κ3) is 5.31. The Balaban J connectivity index is 2.94. The van der Waals surface area contributed by atoms with Gasteiger partial charge in [-0.25, -0.2) is 4.79 Å². The average molecular weight is 367 g/mol. The van der Waals surface area contributed by atoms with Gasteiger partial charge in [-0.15, -0.1) is 0 Å². The molecule has 0 bridgehead atoms. The molecule has 0 saturated carbocycles. The van der Waals surface area contributed by atoms with Crippen molar-refractivity contribution in [2.24, 2.45) is 5.92 Å². The average Bonchev–Trinajstić information content (AvgIpc) is 3.11. The van der Waals surface area contributed by atoms with Crippen molar-refractivity contribution in [2.45, 2.75) is 45.7 Å². The van der Waals surface area contributed by atoms with Crippen LogP contribution in [0.2, 0.25) is 0 Å². The summed E-state index contributed by atoms with van der Waals surface area (Å²) in [5.74, 6) is -0.814. The van der Waals surface area contributed by atoms with Crippen LogP contribution >= 0.6 is 0 Å². The highest BCUT2D eigenvalue weighted by Gasteiger charge is 2.35. The summed E-state index contributed by atoms with van der Waals surface area (Å²) in [5.41, 5.74) is 0.475. The van der Waals surface area contributed by atoms with Crippen molar-refractivity contribution in [1.29, 1.82) is 0 Å². The fourth-order valence-electron chi connectivity index (χ4n) is 3.12. The first-order valence-corrected chi connectivity index (χ1v) is 8.74. The molecule has 1 fully saturated rings. The highest BCUT2D eigenvalue weighted by Crippen LogP contribution is 2.22. The number of rotatable bonds is 8. The maximum Gasteiger partial charge on any atom is 0.328 e. The van der Waals surface area contributed by atoms with Gasteiger partial charge >= 0.3 is 5.97 Å². The molecule has 0 aliphatic carbocycles. The zero-order valence-electron chi connectivity index (χ0n) is 16.2. The van der Waals surface area contributed by atoms with Gasteiger partial charge in [-0.05, 0) is 25.7 Å². The lowest BCUT2D eigenvalue weighted by atomic mass is 9.99. The minimum Gasteiger partial charge on any atom is -0.467 e. The number of ether oxygens (including phenoxy) is 1. The molecule has 146 valence electrons. The van der Waals surface area contributed by atoms with E-state index in [1.165, 1.54) is 16.9 Å². The zero-order chi connectivity index (χ0) is 19.9. The van der Waals surface area contributed by atoms with E-state index in [9.17, 15) is 19.2 Å². The van der Waals surface area contributed by atoms with Crippen molar-refractivity contribution < 1.29 is 23.9 Å². The first-order chi connectivity index (χ1) is 12.2. The lowest BCUT2D eigenvalue weighted by Crippen LogP contribution is -2.44. The van der Waals surface area contributed by atoms with Crippen molar-refractivity contribution in [3.05, 3.63) is 11.6 Å². The van der Waals surface area contributed by atoms with Gasteiger partial charge in [0.1, 0.15) is 6.04 Å². The molecule has 1 aliphatic heterocycles. The quantitative estimate of drug-likeness (QED) is 0.379. The fourth-order valence-corrected chi connectivity index (χ4v) is 3.12. The SMILES string of the molecule is COC(=O)[C@@H]1CCCN1C(=O)/C(C)=C/[C@H](C(C)C)N(C)C(=O)CNC=O. The number of nitrogens with one attached hydrogen (secondary N) is 1. The number of hydrogen-bond donors (Lipinski definition) is 1. The lowest BCUT2D eigenvalue weighted by molar-refractivity contribution is -0.149. The second-order valence-electron chi connectivity index (χ2n) is 6.77. The second kappa shape index (κ2) is 9.94. The lowest BCUT2D eigenvalue weighted by Gasteiger charge is -2.30. The molecule has 2 atom stereocenters. The van der Waals surface area contributed by atoms with Crippen molar-refractivity contribution >= 4 is 24.2 Å². The molecule has 0 spiro atoms. The van der Waals surface area contributed by atoms with E-state index in [4.69, 9.17) is 4.74 Å². The number of carbonyl (C=O) groups is 4. The maximum atomic E-state index is 12.8. The molecule has 0 aromatic carbocycles. The van der Waals surface area contributed by atoms with E-state index in [1.54, 1.807) is 20.0 Å². The number of carbonyl (C=O) groups excluding carboxylic acids is 4. The smallest absolute Gasteiger partial charge is 0.328 e. The minimum atomic E-state index is -0.551. The molecule has 8 heteroatoms. The molecule has 8 nitrogen and oxygen atoms in total. The van der Waals surface area contributed by atoms with Gasteiger partial charge in [0.2, 0.25) is 18.2 Å². The molecular formula is C18H29N3O5. The molecule has 1 aliphatic rings. The number of nitrogens with zero attached hydrogens (tertiary/aromatic N) is 2. The summed E-state index contributed by atoms with van der Waals surface area (Å²) in [7, 11) is 2.95. The Kier molecular flexibility index (Phi) is 8.28. The largest absolute Gasteiger partial charge is 0.467 e. The Hall–Kier alpha value is -2.38. The summed E-state index contributed by atoms with van der Waals surface area (Å²) in [6.07, 6.45) is 3.57. The third-order valence-corrected chi connectivity index (χ3v) is 4.61. The number of likely N-dealkylation sites (tertiary alicyclic amines) is 1. The monoisotopic (exact) mass is 367 g/mol. The van der Waals surface area contributed by atoms with Crippen LogP contribution in [0.25, 0.3) is 0 Å². The summed E-state index contributed by atoms with van der Waals surface area (Å²) in [6, 6.07) is -0.858. The number of amides is 3. The Morgan fingerprint density at radius 3 is 2.54 bits per heavy atom. The van der Waals surface area contributed by atoms with Crippen LogP contribution in [0.3, 0.4) is 0 Å². The van der Waals surface area contributed by atoms with E-state index >= 15 is 0 Å². The summed E-state index contributed by atoms with van der Waals surface area (Å²) >= 11 is 0. The third-order valence-electron chi connectivity index (χ3n) is 4.61. The maximum absolute atomic E-state index is 12.8. The van der Waals surface area contributed by atoms with E-state index in [-0.39, 0.29) is 30.3 Å². The Morgan fingerprint density at radius 1 is 1.35 bits per heavy atom. The van der Waals surface area contributed by atoms with Crippen LogP contribution in [0.5, 0.6) is 0 Å². The number of likely N-dealkylation sites (N-methyl/N-ethyl adjacent to an activating group) is 1. The number of esters is 1. The van der Waals surface area contributed by atoms with E-state index in [2.05, 4.69) is 5.32 Å². The summed E-state index contributed by atoms with van der Waals surface area (Å²) in [6.45, 7) is 5.99. The van der Waals surface area contributed by atoms with Crippen LogP contribution in [0.1, 0.15) is 33.6 Å². The molecule has 1 N–H and O–H groups in total. The zero-order valence-corrected chi connectivity index (χ0v) is 16.2. The molecular weight excluding hydrogens is 338 g/mol. The summed E-state index contributed by atoms with van der Waals surface area (Å²) < 4.78 is 4.78. The van der Waals surface area contributed by atoms with E-state index in [0.717, 1.165) is 6.42 Å². The molecule has 0 aromatic heterocycles. The molecule has 26 heavy (non-hydrogen) atoms. The van der Waals surface area contributed by atoms with Crippen LogP contribution in [-0.2, 0) is 23.9 Å². The van der Waals surface area contributed by atoms with Gasteiger partial charge in [0.15, 0.2) is 0 Å². The molecule has 1 rings (SSSR count). The predicted octanol–water partition coefficient (Wildman–Crippen LogP) is 0.326. The fraction of sp³-hybridized carbons (Fsp3) is 0.667. The number of methoxy groups -OCH3 is 1. The first-order valence-electron chi connectivity index (χ1n) is 8.74. The van der Waals surface area contributed by atoms with Crippen LogP contribution in [0.15, 0.2) is 11.6 Å². The topological polar surface area (TPSA) is 96.0 Å². The van der Waals surface area contributed by atoms with Gasteiger partial charge < -0.3 is 19.9 Å². The van der Waals surface area contributed by atoms with Gasteiger partial charge in [-0.3, -0.25) is 14.4 Å². The normalized spacial score (nSPS) is 18.5. The van der Waals surface area contributed by atoms with Crippen LogP contribution in [0, 0.1) is 5.92 Å². The minimum absolute atomic E-state index is 0.0675. The van der Waals surface area contributed by atoms with Crippen LogP contribution in [-0.4, -0.2) is 73.3 Å². The van der Waals surface area contributed by atoms with E-state index in [0.29, 0.717) is 24.9 Å². The van der Waals surface area contributed by atoms with Gasteiger partial charge in [-0.1, -0.05) is 19.9 Å². The molecule has 1 saturated heterocycles. The first kappa shape index (κ1) is 21.7. The Labute approximate surface area is 154 Å². The van der Waals surface area contributed by atoms with Crippen molar-refractivity contribution in [2.75, 3.05) is 27.2 Å².